The summed E-state index contributed by atoms with van der Waals surface area (Å²) in [4.78, 5) is 27.2. The summed E-state index contributed by atoms with van der Waals surface area (Å²) >= 11 is 1.58. The van der Waals surface area contributed by atoms with Crippen LogP contribution in [-0.4, -0.2) is 31.6 Å². The fourth-order valence-electron chi connectivity index (χ4n) is 2.50. The molecule has 6 heteroatoms. The molecule has 1 N–H and O–H groups in total. The van der Waals surface area contributed by atoms with E-state index in [-0.39, 0.29) is 18.6 Å². The Hall–Kier alpha value is -2.34. The van der Waals surface area contributed by atoms with E-state index in [0.29, 0.717) is 5.56 Å². The minimum Gasteiger partial charge on any atom is -0.452 e. The molecule has 0 bridgehead atoms. The molecular formula is C19H24N2O3S. The molecule has 0 saturated heterocycles. The van der Waals surface area contributed by atoms with Crippen molar-refractivity contribution in [3.05, 3.63) is 52.2 Å². The highest BCUT2D eigenvalue weighted by atomic mass is 32.1. The lowest BCUT2D eigenvalue weighted by Gasteiger charge is -2.20. The maximum Gasteiger partial charge on any atom is 0.338 e. The number of amides is 1. The Balaban J connectivity index is 1.84. The van der Waals surface area contributed by atoms with Crippen LogP contribution >= 0.6 is 11.3 Å². The molecule has 1 heterocycles. The zero-order chi connectivity index (χ0) is 18.2. The monoisotopic (exact) mass is 360 g/mol. The van der Waals surface area contributed by atoms with Crippen molar-refractivity contribution in [3.8, 4) is 0 Å². The molecule has 1 amide bonds. The van der Waals surface area contributed by atoms with E-state index in [4.69, 9.17) is 4.74 Å². The van der Waals surface area contributed by atoms with Gasteiger partial charge in [-0.1, -0.05) is 6.07 Å². The number of anilines is 1. The number of nitrogens with one attached hydrogen (secondary N) is 1. The van der Waals surface area contributed by atoms with Crippen molar-refractivity contribution in [3.63, 3.8) is 0 Å². The van der Waals surface area contributed by atoms with Gasteiger partial charge in [-0.15, -0.1) is 11.3 Å². The first-order valence-corrected chi connectivity index (χ1v) is 9.28. The van der Waals surface area contributed by atoms with E-state index >= 15 is 0 Å². The summed E-state index contributed by atoms with van der Waals surface area (Å²) in [7, 11) is 0. The lowest BCUT2D eigenvalue weighted by molar-refractivity contribution is -0.124. The van der Waals surface area contributed by atoms with Crippen molar-refractivity contribution in [1.29, 1.82) is 0 Å². The number of carbonyl (C=O) groups is 2. The van der Waals surface area contributed by atoms with Crippen LogP contribution in [0.1, 0.15) is 42.0 Å². The van der Waals surface area contributed by atoms with Crippen molar-refractivity contribution in [2.45, 2.75) is 26.8 Å². The van der Waals surface area contributed by atoms with Crippen LogP contribution in [0.3, 0.4) is 0 Å². The first-order valence-electron chi connectivity index (χ1n) is 8.40. The molecule has 0 saturated carbocycles. The summed E-state index contributed by atoms with van der Waals surface area (Å²) in [5, 5.41) is 4.77. The molecule has 5 nitrogen and oxygen atoms in total. The minimum absolute atomic E-state index is 0.0976. The fourth-order valence-corrected chi connectivity index (χ4v) is 3.24. The molecule has 1 aromatic carbocycles. The Morgan fingerprint density at radius 3 is 2.40 bits per heavy atom. The summed E-state index contributed by atoms with van der Waals surface area (Å²) in [6.07, 6.45) is 0. The van der Waals surface area contributed by atoms with Crippen LogP contribution in [0.15, 0.2) is 41.8 Å². The molecule has 0 unspecified atom stereocenters. The van der Waals surface area contributed by atoms with Crippen LogP contribution in [-0.2, 0) is 9.53 Å². The Morgan fingerprint density at radius 2 is 1.84 bits per heavy atom. The molecule has 0 fully saturated rings. The molecule has 0 aliphatic rings. The van der Waals surface area contributed by atoms with Crippen LogP contribution in [0.2, 0.25) is 0 Å². The number of ether oxygens (including phenoxy) is 1. The molecule has 0 radical (unpaired) electrons. The second-order valence-corrected chi connectivity index (χ2v) is 6.58. The van der Waals surface area contributed by atoms with Crippen LogP contribution in [0, 0.1) is 0 Å². The number of thiophene rings is 1. The second-order valence-electron chi connectivity index (χ2n) is 5.60. The molecule has 25 heavy (non-hydrogen) atoms. The topological polar surface area (TPSA) is 58.6 Å². The molecule has 1 atom stereocenters. The van der Waals surface area contributed by atoms with Gasteiger partial charge < -0.3 is 15.0 Å². The second kappa shape index (κ2) is 9.22. The third-order valence-corrected chi connectivity index (χ3v) is 4.97. The SMILES string of the molecule is CCN(CC)c1ccc(C(=O)OCC(=O)N[C@@H](C)c2cccs2)cc1. The third kappa shape index (κ3) is 5.32. The molecule has 0 spiro atoms. The summed E-state index contributed by atoms with van der Waals surface area (Å²) in [5.74, 6) is -0.806. The van der Waals surface area contributed by atoms with Crippen LogP contribution in [0.25, 0.3) is 0 Å². The van der Waals surface area contributed by atoms with Crippen LogP contribution in [0.4, 0.5) is 5.69 Å². The predicted molar refractivity (Wildman–Crippen MR) is 101 cm³/mol. The largest absolute Gasteiger partial charge is 0.452 e. The quantitative estimate of drug-likeness (QED) is 0.731. The number of nitrogens with zero attached hydrogens (tertiary/aromatic N) is 1. The number of carbonyl (C=O) groups excluding carboxylic acids is 2. The molecule has 2 aromatic rings. The Kier molecular flexibility index (Phi) is 7.01. The molecule has 0 aliphatic heterocycles. The number of esters is 1. The molecule has 2 rings (SSSR count). The summed E-state index contributed by atoms with van der Waals surface area (Å²) < 4.78 is 5.10. The van der Waals surface area contributed by atoms with Crippen molar-refractivity contribution < 1.29 is 14.3 Å². The maximum absolute atomic E-state index is 12.1. The number of hydrogen-bond acceptors (Lipinski definition) is 5. The van der Waals surface area contributed by atoms with Gasteiger partial charge in [-0.25, -0.2) is 4.79 Å². The number of hydrogen-bond donors (Lipinski definition) is 1. The first-order chi connectivity index (χ1) is 12.0. The van der Waals surface area contributed by atoms with Crippen molar-refractivity contribution >= 4 is 28.9 Å². The van der Waals surface area contributed by atoms with Crippen LogP contribution < -0.4 is 10.2 Å². The molecule has 1 aromatic heterocycles. The van der Waals surface area contributed by atoms with Crippen molar-refractivity contribution in [2.24, 2.45) is 0 Å². The van der Waals surface area contributed by atoms with E-state index in [2.05, 4.69) is 24.1 Å². The third-order valence-electron chi connectivity index (χ3n) is 3.91. The van der Waals surface area contributed by atoms with E-state index in [1.54, 1.807) is 23.5 Å². The van der Waals surface area contributed by atoms with Crippen molar-refractivity contribution in [2.75, 3.05) is 24.6 Å². The highest BCUT2D eigenvalue weighted by Crippen LogP contribution is 2.18. The van der Waals surface area contributed by atoms with Gasteiger partial charge in [0.15, 0.2) is 6.61 Å². The summed E-state index contributed by atoms with van der Waals surface area (Å²) in [6, 6.07) is 11.0. The molecule has 134 valence electrons. The standard InChI is InChI=1S/C19H24N2O3S/c1-4-21(5-2)16-10-8-15(9-11-16)19(23)24-13-18(22)20-14(3)17-7-6-12-25-17/h6-12,14H,4-5,13H2,1-3H3,(H,20,22)/t14-/m0/s1. The Bertz CT molecular complexity index is 679. The minimum atomic E-state index is -0.495. The zero-order valence-electron chi connectivity index (χ0n) is 14.8. The number of benzene rings is 1. The van der Waals surface area contributed by atoms with Gasteiger partial charge in [-0.2, -0.15) is 0 Å². The summed E-state index contributed by atoms with van der Waals surface area (Å²) in [6.45, 7) is 7.60. The average molecular weight is 360 g/mol. The van der Waals surface area contributed by atoms with Gasteiger partial charge in [0.2, 0.25) is 0 Å². The average Bonchev–Trinajstić information content (AvgIpc) is 3.16. The maximum atomic E-state index is 12.1. The first kappa shape index (κ1) is 19.0. The van der Waals surface area contributed by atoms with E-state index in [1.165, 1.54) is 0 Å². The van der Waals surface area contributed by atoms with Crippen molar-refractivity contribution in [1.82, 2.24) is 5.32 Å². The number of rotatable bonds is 8. The van der Waals surface area contributed by atoms with Gasteiger partial charge in [0.25, 0.3) is 5.91 Å². The van der Waals surface area contributed by atoms with Gasteiger partial charge in [0.1, 0.15) is 0 Å². The van der Waals surface area contributed by atoms with Gasteiger partial charge >= 0.3 is 5.97 Å². The summed E-state index contributed by atoms with van der Waals surface area (Å²) in [5.41, 5.74) is 1.50. The van der Waals surface area contributed by atoms with Gasteiger partial charge in [0.05, 0.1) is 11.6 Å². The predicted octanol–water partition coefficient (Wildman–Crippen LogP) is 3.63. The van der Waals surface area contributed by atoms with E-state index in [1.807, 2.05) is 36.6 Å². The zero-order valence-corrected chi connectivity index (χ0v) is 15.6. The van der Waals surface area contributed by atoms with E-state index in [9.17, 15) is 9.59 Å². The van der Waals surface area contributed by atoms with E-state index in [0.717, 1.165) is 23.7 Å². The lowest BCUT2D eigenvalue weighted by Crippen LogP contribution is -2.30. The molecular weight excluding hydrogens is 336 g/mol. The Labute approximate surface area is 152 Å². The Morgan fingerprint density at radius 1 is 1.16 bits per heavy atom. The highest BCUT2D eigenvalue weighted by molar-refractivity contribution is 7.10. The smallest absolute Gasteiger partial charge is 0.338 e. The normalized spacial score (nSPS) is 11.6. The lowest BCUT2D eigenvalue weighted by atomic mass is 10.2. The fraction of sp³-hybridized carbons (Fsp3) is 0.368. The molecule has 0 aliphatic carbocycles. The van der Waals surface area contributed by atoms with Crippen LogP contribution in [0.5, 0.6) is 0 Å². The van der Waals surface area contributed by atoms with Gasteiger partial charge in [0, 0.05) is 23.7 Å². The van der Waals surface area contributed by atoms with E-state index < -0.39 is 5.97 Å². The highest BCUT2D eigenvalue weighted by Gasteiger charge is 2.14. The van der Waals surface area contributed by atoms with Gasteiger partial charge in [-0.05, 0) is 56.5 Å². The van der Waals surface area contributed by atoms with Gasteiger partial charge in [-0.3, -0.25) is 4.79 Å².